The third-order valence-electron chi connectivity index (χ3n) is 3.53. The molecule has 0 fully saturated rings. The standard InChI is InChI=1S/C17H32OSi2/c1-17(2,3)16(15-12-10-9-11-13-15)14-20(7,8)18-19(4,5)6/h9-13,16H,14H2,1-8H3. The summed E-state index contributed by atoms with van der Waals surface area (Å²) in [4.78, 5) is 0. The number of rotatable bonds is 5. The van der Waals surface area contributed by atoms with Gasteiger partial charge in [-0.15, -0.1) is 0 Å². The minimum absolute atomic E-state index is 0.272. The van der Waals surface area contributed by atoms with Crippen LogP contribution in [0, 0.1) is 5.41 Å². The molecule has 20 heavy (non-hydrogen) atoms. The number of hydrogen-bond acceptors (Lipinski definition) is 1. The van der Waals surface area contributed by atoms with E-state index in [4.69, 9.17) is 4.12 Å². The van der Waals surface area contributed by atoms with Gasteiger partial charge in [-0.1, -0.05) is 51.1 Å². The fourth-order valence-electron chi connectivity index (χ4n) is 2.97. The first-order valence-electron chi connectivity index (χ1n) is 7.66. The summed E-state index contributed by atoms with van der Waals surface area (Å²) in [6.45, 7) is 18.7. The Morgan fingerprint density at radius 3 is 1.85 bits per heavy atom. The molecule has 0 bridgehead atoms. The van der Waals surface area contributed by atoms with E-state index in [2.05, 4.69) is 83.8 Å². The zero-order valence-electron chi connectivity index (χ0n) is 14.6. The van der Waals surface area contributed by atoms with Crippen molar-refractivity contribution in [2.24, 2.45) is 5.41 Å². The molecule has 0 aromatic heterocycles. The van der Waals surface area contributed by atoms with Gasteiger partial charge < -0.3 is 4.12 Å². The maximum Gasteiger partial charge on any atom is 0.174 e. The molecule has 0 saturated carbocycles. The average molecular weight is 309 g/mol. The lowest BCUT2D eigenvalue weighted by Gasteiger charge is -2.39. The van der Waals surface area contributed by atoms with Gasteiger partial charge in [-0.25, -0.2) is 0 Å². The van der Waals surface area contributed by atoms with E-state index in [-0.39, 0.29) is 5.41 Å². The minimum atomic E-state index is -1.63. The topological polar surface area (TPSA) is 9.23 Å². The smallest absolute Gasteiger partial charge is 0.174 e. The lowest BCUT2D eigenvalue weighted by atomic mass is 9.78. The van der Waals surface area contributed by atoms with E-state index in [0.717, 1.165) is 0 Å². The molecule has 1 atom stereocenters. The van der Waals surface area contributed by atoms with Crippen LogP contribution >= 0.6 is 0 Å². The SMILES string of the molecule is CC(C)(C)C(C[Si](C)(C)O[Si](C)(C)C)c1ccccc1. The van der Waals surface area contributed by atoms with Crippen molar-refractivity contribution in [1.82, 2.24) is 0 Å². The zero-order chi connectivity index (χ0) is 15.6. The Labute approximate surface area is 128 Å². The lowest BCUT2D eigenvalue weighted by molar-refractivity contribution is 0.330. The van der Waals surface area contributed by atoms with Gasteiger partial charge in [0.2, 0.25) is 0 Å². The van der Waals surface area contributed by atoms with Gasteiger partial charge in [-0.3, -0.25) is 0 Å². The lowest BCUT2D eigenvalue weighted by Crippen LogP contribution is -2.44. The van der Waals surface area contributed by atoms with Gasteiger partial charge in [0.15, 0.2) is 16.6 Å². The van der Waals surface area contributed by atoms with Crippen molar-refractivity contribution in [3.05, 3.63) is 35.9 Å². The summed E-state index contributed by atoms with van der Waals surface area (Å²) in [7, 11) is -3.09. The molecule has 1 unspecified atom stereocenters. The van der Waals surface area contributed by atoms with Crippen LogP contribution < -0.4 is 0 Å². The quantitative estimate of drug-likeness (QED) is 0.618. The van der Waals surface area contributed by atoms with Crippen LogP contribution in [0.4, 0.5) is 0 Å². The molecule has 1 aromatic carbocycles. The Morgan fingerprint density at radius 2 is 1.45 bits per heavy atom. The maximum atomic E-state index is 6.55. The van der Waals surface area contributed by atoms with Gasteiger partial charge in [0.05, 0.1) is 0 Å². The van der Waals surface area contributed by atoms with Crippen molar-refractivity contribution in [2.75, 3.05) is 0 Å². The molecule has 0 amide bonds. The van der Waals surface area contributed by atoms with E-state index in [1.807, 2.05) is 0 Å². The van der Waals surface area contributed by atoms with Crippen LogP contribution in [0.3, 0.4) is 0 Å². The second kappa shape index (κ2) is 6.16. The van der Waals surface area contributed by atoms with Crippen LogP contribution in [0.1, 0.15) is 32.3 Å². The second-order valence-corrected chi connectivity index (χ2v) is 17.5. The molecule has 0 spiro atoms. The molecule has 1 rings (SSSR count). The number of benzene rings is 1. The fourth-order valence-corrected chi connectivity index (χ4v) is 11.8. The van der Waals surface area contributed by atoms with Crippen LogP contribution in [0.2, 0.25) is 38.8 Å². The predicted octanol–water partition coefficient (Wildman–Crippen LogP) is 5.87. The molecular weight excluding hydrogens is 276 g/mol. The van der Waals surface area contributed by atoms with Gasteiger partial charge in [0.1, 0.15) is 0 Å². The van der Waals surface area contributed by atoms with Gasteiger partial charge in [0, 0.05) is 0 Å². The molecule has 1 aromatic rings. The van der Waals surface area contributed by atoms with Crippen LogP contribution in [0.25, 0.3) is 0 Å². The maximum absolute atomic E-state index is 6.55. The van der Waals surface area contributed by atoms with Crippen molar-refractivity contribution in [2.45, 2.75) is 65.5 Å². The van der Waals surface area contributed by atoms with Crippen molar-refractivity contribution in [3.8, 4) is 0 Å². The van der Waals surface area contributed by atoms with E-state index in [1.54, 1.807) is 0 Å². The Hall–Kier alpha value is -0.386. The van der Waals surface area contributed by atoms with Crippen molar-refractivity contribution in [3.63, 3.8) is 0 Å². The molecule has 114 valence electrons. The summed E-state index contributed by atoms with van der Waals surface area (Å²) >= 11 is 0. The molecule has 0 aliphatic carbocycles. The Morgan fingerprint density at radius 1 is 0.950 bits per heavy atom. The van der Waals surface area contributed by atoms with Crippen LogP contribution in [0.5, 0.6) is 0 Å². The first kappa shape index (κ1) is 17.7. The average Bonchev–Trinajstić information content (AvgIpc) is 2.22. The monoisotopic (exact) mass is 308 g/mol. The minimum Gasteiger partial charge on any atom is -0.456 e. The van der Waals surface area contributed by atoms with E-state index in [9.17, 15) is 0 Å². The molecule has 0 saturated heterocycles. The van der Waals surface area contributed by atoms with Gasteiger partial charge in [-0.2, -0.15) is 0 Å². The molecule has 0 N–H and O–H groups in total. The van der Waals surface area contributed by atoms with Crippen LogP contribution in [-0.4, -0.2) is 16.6 Å². The van der Waals surface area contributed by atoms with E-state index in [0.29, 0.717) is 5.92 Å². The van der Waals surface area contributed by atoms with Crippen LogP contribution in [-0.2, 0) is 4.12 Å². The largest absolute Gasteiger partial charge is 0.456 e. The predicted molar refractivity (Wildman–Crippen MR) is 95.4 cm³/mol. The zero-order valence-corrected chi connectivity index (χ0v) is 16.6. The van der Waals surface area contributed by atoms with E-state index >= 15 is 0 Å². The van der Waals surface area contributed by atoms with Gasteiger partial charge in [0.25, 0.3) is 0 Å². The highest BCUT2D eigenvalue weighted by atomic mass is 28.4. The highest BCUT2D eigenvalue weighted by Gasteiger charge is 2.36. The third-order valence-corrected chi connectivity index (χ3v) is 9.58. The molecule has 0 aliphatic rings. The Bertz CT molecular complexity index is 413. The first-order chi connectivity index (χ1) is 8.91. The highest BCUT2D eigenvalue weighted by molar-refractivity contribution is 6.84. The van der Waals surface area contributed by atoms with Gasteiger partial charge in [-0.05, 0) is 55.7 Å². The van der Waals surface area contributed by atoms with Crippen molar-refractivity contribution >= 4 is 16.6 Å². The van der Waals surface area contributed by atoms with Crippen LogP contribution in [0.15, 0.2) is 30.3 Å². The second-order valence-electron chi connectivity index (χ2n) is 8.51. The van der Waals surface area contributed by atoms with Crippen molar-refractivity contribution in [1.29, 1.82) is 0 Å². The fraction of sp³-hybridized carbons (Fsp3) is 0.647. The van der Waals surface area contributed by atoms with Gasteiger partial charge >= 0.3 is 0 Å². The highest BCUT2D eigenvalue weighted by Crippen LogP contribution is 2.41. The van der Waals surface area contributed by atoms with E-state index < -0.39 is 16.6 Å². The van der Waals surface area contributed by atoms with Crippen molar-refractivity contribution < 1.29 is 4.12 Å². The summed E-state index contributed by atoms with van der Waals surface area (Å²) in [6, 6.07) is 12.2. The summed E-state index contributed by atoms with van der Waals surface area (Å²) < 4.78 is 6.55. The first-order valence-corrected chi connectivity index (χ1v) is 14.2. The molecule has 0 heterocycles. The Balaban J connectivity index is 2.98. The summed E-state index contributed by atoms with van der Waals surface area (Å²) in [5.41, 5.74) is 1.73. The molecule has 1 nitrogen and oxygen atoms in total. The summed E-state index contributed by atoms with van der Waals surface area (Å²) in [6.07, 6.45) is 0. The molecule has 3 heteroatoms. The third kappa shape index (κ3) is 5.94. The summed E-state index contributed by atoms with van der Waals surface area (Å²) in [5, 5.41) is 0. The molecular formula is C17H32OSi2. The summed E-state index contributed by atoms with van der Waals surface area (Å²) in [5.74, 6) is 0.571. The molecule has 0 radical (unpaired) electrons. The number of hydrogen-bond donors (Lipinski definition) is 0. The molecule has 0 aliphatic heterocycles. The van der Waals surface area contributed by atoms with E-state index in [1.165, 1.54) is 11.6 Å². The normalized spacial score (nSPS) is 15.2. The Kier molecular flexibility index (Phi) is 5.44.